The van der Waals surface area contributed by atoms with Crippen LogP contribution >= 0.6 is 0 Å². The second-order valence-electron chi connectivity index (χ2n) is 4.28. The molecule has 0 fully saturated rings. The van der Waals surface area contributed by atoms with Crippen molar-refractivity contribution in [1.29, 1.82) is 0 Å². The Balaban J connectivity index is 2.99. The fraction of sp³-hybridized carbons (Fsp3) is 1.00. The Hall–Kier alpha value is -0.0800. The Morgan fingerprint density at radius 2 is 1.77 bits per heavy atom. The third-order valence-electron chi connectivity index (χ3n) is 2.33. The lowest BCUT2D eigenvalue weighted by Crippen LogP contribution is -2.34. The van der Waals surface area contributed by atoms with Crippen LogP contribution in [0.3, 0.4) is 0 Å². The van der Waals surface area contributed by atoms with Crippen LogP contribution in [0, 0.1) is 5.92 Å². The SMILES string of the molecule is CNC(C)CNCCCCC(C)C. The topological polar surface area (TPSA) is 24.1 Å². The number of hydrogen-bond acceptors (Lipinski definition) is 2. The van der Waals surface area contributed by atoms with Crippen LogP contribution in [0.1, 0.15) is 40.0 Å². The van der Waals surface area contributed by atoms with Crippen molar-refractivity contribution in [3.63, 3.8) is 0 Å². The van der Waals surface area contributed by atoms with Gasteiger partial charge in [-0.3, -0.25) is 0 Å². The van der Waals surface area contributed by atoms with Crippen LogP contribution in [0.15, 0.2) is 0 Å². The average molecular weight is 186 g/mol. The molecule has 0 radical (unpaired) electrons. The first-order valence-electron chi connectivity index (χ1n) is 5.54. The zero-order valence-electron chi connectivity index (χ0n) is 9.69. The molecule has 0 rings (SSSR count). The monoisotopic (exact) mass is 186 g/mol. The maximum atomic E-state index is 3.45. The molecule has 0 amide bonds. The van der Waals surface area contributed by atoms with Gasteiger partial charge >= 0.3 is 0 Å². The third kappa shape index (κ3) is 9.84. The first kappa shape index (κ1) is 12.9. The van der Waals surface area contributed by atoms with Gasteiger partial charge in [0.25, 0.3) is 0 Å². The second kappa shape index (κ2) is 8.52. The maximum absolute atomic E-state index is 3.45. The smallest absolute Gasteiger partial charge is 0.0161 e. The minimum Gasteiger partial charge on any atom is -0.316 e. The van der Waals surface area contributed by atoms with E-state index in [4.69, 9.17) is 0 Å². The van der Waals surface area contributed by atoms with Crippen molar-refractivity contribution in [3.05, 3.63) is 0 Å². The number of nitrogens with one attached hydrogen (secondary N) is 2. The van der Waals surface area contributed by atoms with Crippen LogP contribution in [-0.2, 0) is 0 Å². The number of rotatable bonds is 8. The van der Waals surface area contributed by atoms with Gasteiger partial charge in [-0.15, -0.1) is 0 Å². The van der Waals surface area contributed by atoms with E-state index in [0.29, 0.717) is 6.04 Å². The van der Waals surface area contributed by atoms with Crippen LogP contribution in [0.2, 0.25) is 0 Å². The van der Waals surface area contributed by atoms with E-state index < -0.39 is 0 Å². The molecule has 0 heterocycles. The second-order valence-corrected chi connectivity index (χ2v) is 4.28. The van der Waals surface area contributed by atoms with E-state index in [1.807, 2.05) is 7.05 Å². The van der Waals surface area contributed by atoms with Crippen LogP contribution in [-0.4, -0.2) is 26.2 Å². The molecule has 0 aromatic heterocycles. The molecule has 13 heavy (non-hydrogen) atoms. The van der Waals surface area contributed by atoms with Gasteiger partial charge < -0.3 is 10.6 Å². The molecule has 2 heteroatoms. The first-order valence-corrected chi connectivity index (χ1v) is 5.54. The fourth-order valence-electron chi connectivity index (χ4n) is 1.22. The molecule has 1 atom stereocenters. The zero-order valence-corrected chi connectivity index (χ0v) is 9.69. The quantitative estimate of drug-likeness (QED) is 0.567. The van der Waals surface area contributed by atoms with E-state index in [0.717, 1.165) is 12.5 Å². The largest absolute Gasteiger partial charge is 0.316 e. The van der Waals surface area contributed by atoms with Gasteiger partial charge in [0, 0.05) is 12.6 Å². The highest BCUT2D eigenvalue weighted by Gasteiger charge is 1.96. The third-order valence-corrected chi connectivity index (χ3v) is 2.33. The molecular formula is C11H26N2. The summed E-state index contributed by atoms with van der Waals surface area (Å²) in [6.07, 6.45) is 4.04. The van der Waals surface area contributed by atoms with Crippen molar-refractivity contribution in [2.24, 2.45) is 5.92 Å². The Labute approximate surface area is 83.5 Å². The van der Waals surface area contributed by atoms with E-state index >= 15 is 0 Å². The van der Waals surface area contributed by atoms with Gasteiger partial charge in [-0.25, -0.2) is 0 Å². The van der Waals surface area contributed by atoms with Crippen LogP contribution < -0.4 is 10.6 Å². The van der Waals surface area contributed by atoms with Crippen molar-refractivity contribution < 1.29 is 0 Å². The Morgan fingerprint density at radius 1 is 1.08 bits per heavy atom. The van der Waals surface area contributed by atoms with Crippen LogP contribution in [0.4, 0.5) is 0 Å². The van der Waals surface area contributed by atoms with Gasteiger partial charge in [-0.2, -0.15) is 0 Å². The van der Waals surface area contributed by atoms with E-state index in [1.165, 1.54) is 25.8 Å². The minimum absolute atomic E-state index is 0.588. The molecule has 2 N–H and O–H groups in total. The minimum atomic E-state index is 0.588. The van der Waals surface area contributed by atoms with E-state index in [-0.39, 0.29) is 0 Å². The summed E-state index contributed by atoms with van der Waals surface area (Å²) in [5, 5.41) is 6.66. The Bertz CT molecular complexity index is 102. The summed E-state index contributed by atoms with van der Waals surface area (Å²) in [7, 11) is 2.01. The molecule has 0 saturated heterocycles. The van der Waals surface area contributed by atoms with Gasteiger partial charge in [0.15, 0.2) is 0 Å². The van der Waals surface area contributed by atoms with Gasteiger partial charge in [-0.1, -0.05) is 26.7 Å². The van der Waals surface area contributed by atoms with Gasteiger partial charge in [-0.05, 0) is 32.9 Å². The maximum Gasteiger partial charge on any atom is 0.0161 e. The lowest BCUT2D eigenvalue weighted by molar-refractivity contribution is 0.497. The summed E-state index contributed by atoms with van der Waals surface area (Å²) in [6.45, 7) is 9.02. The Kier molecular flexibility index (Phi) is 8.46. The predicted octanol–water partition coefficient (Wildman–Crippen LogP) is 2.01. The van der Waals surface area contributed by atoms with Gasteiger partial charge in [0.1, 0.15) is 0 Å². The summed E-state index contributed by atoms with van der Waals surface area (Å²) in [4.78, 5) is 0. The molecule has 0 spiro atoms. The molecule has 80 valence electrons. The molecule has 2 nitrogen and oxygen atoms in total. The first-order chi connectivity index (χ1) is 6.16. The normalized spacial score (nSPS) is 13.6. The molecule has 0 aliphatic rings. The lowest BCUT2D eigenvalue weighted by atomic mass is 10.1. The number of hydrogen-bond donors (Lipinski definition) is 2. The summed E-state index contributed by atoms with van der Waals surface area (Å²) in [6, 6.07) is 0.588. The summed E-state index contributed by atoms with van der Waals surface area (Å²) in [5.41, 5.74) is 0. The van der Waals surface area contributed by atoms with Gasteiger partial charge in [0.05, 0.1) is 0 Å². The van der Waals surface area contributed by atoms with Crippen molar-refractivity contribution in [2.75, 3.05) is 20.1 Å². The molecule has 0 aromatic carbocycles. The molecule has 0 aliphatic carbocycles. The molecule has 1 unspecified atom stereocenters. The van der Waals surface area contributed by atoms with Crippen molar-refractivity contribution in [3.8, 4) is 0 Å². The predicted molar refractivity (Wildman–Crippen MR) is 60.1 cm³/mol. The molecule has 0 aliphatic heterocycles. The molecule has 0 saturated carbocycles. The van der Waals surface area contributed by atoms with Gasteiger partial charge in [0.2, 0.25) is 0 Å². The summed E-state index contributed by atoms with van der Waals surface area (Å²) in [5.74, 6) is 0.858. The standard InChI is InChI=1S/C11H26N2/c1-10(2)7-5-6-8-13-9-11(3)12-4/h10-13H,5-9H2,1-4H3. The highest BCUT2D eigenvalue weighted by molar-refractivity contribution is 4.60. The van der Waals surface area contributed by atoms with Crippen molar-refractivity contribution in [2.45, 2.75) is 46.1 Å². The highest BCUT2D eigenvalue weighted by Crippen LogP contribution is 2.04. The molecule has 0 bridgehead atoms. The van der Waals surface area contributed by atoms with E-state index in [1.54, 1.807) is 0 Å². The van der Waals surface area contributed by atoms with Crippen molar-refractivity contribution in [1.82, 2.24) is 10.6 Å². The van der Waals surface area contributed by atoms with E-state index in [9.17, 15) is 0 Å². The highest BCUT2D eigenvalue weighted by atomic mass is 14.9. The summed E-state index contributed by atoms with van der Waals surface area (Å²) < 4.78 is 0. The summed E-state index contributed by atoms with van der Waals surface area (Å²) >= 11 is 0. The average Bonchev–Trinajstić information content (AvgIpc) is 2.10. The lowest BCUT2D eigenvalue weighted by Gasteiger charge is -2.11. The number of likely N-dealkylation sites (N-methyl/N-ethyl adjacent to an activating group) is 1. The fourth-order valence-corrected chi connectivity index (χ4v) is 1.22. The Morgan fingerprint density at radius 3 is 2.31 bits per heavy atom. The van der Waals surface area contributed by atoms with Crippen LogP contribution in [0.25, 0.3) is 0 Å². The molecule has 0 aromatic rings. The van der Waals surface area contributed by atoms with Crippen molar-refractivity contribution >= 4 is 0 Å². The number of unbranched alkanes of at least 4 members (excludes halogenated alkanes) is 1. The molecular weight excluding hydrogens is 160 g/mol. The zero-order chi connectivity index (χ0) is 10.1. The van der Waals surface area contributed by atoms with Crippen LogP contribution in [0.5, 0.6) is 0 Å². The van der Waals surface area contributed by atoms with E-state index in [2.05, 4.69) is 31.4 Å².